The minimum Gasteiger partial charge on any atom is -0.372 e. The Morgan fingerprint density at radius 3 is 2.30 bits per heavy atom. The maximum atomic E-state index is 12.4. The molecule has 3 aliphatic rings. The zero-order chi connectivity index (χ0) is 18.5. The van der Waals surface area contributed by atoms with Gasteiger partial charge in [0.1, 0.15) is 0 Å². The number of hydrogen-bond donors (Lipinski definition) is 1. The second-order valence-electron chi connectivity index (χ2n) is 7.87. The Balaban J connectivity index is 1.21. The van der Waals surface area contributed by atoms with Gasteiger partial charge in [-0.3, -0.25) is 9.69 Å². The summed E-state index contributed by atoms with van der Waals surface area (Å²) >= 11 is 0. The van der Waals surface area contributed by atoms with Gasteiger partial charge in [-0.15, -0.1) is 0 Å². The first kappa shape index (κ1) is 18.7. The monoisotopic (exact) mass is 373 g/mol. The molecular formula is C21H31N3O3. The first-order valence-corrected chi connectivity index (χ1v) is 10.4. The van der Waals surface area contributed by atoms with Gasteiger partial charge in [0.05, 0.1) is 19.8 Å². The smallest absolute Gasteiger partial charge is 0.238 e. The predicted octanol–water partition coefficient (Wildman–Crippen LogP) is 2.70. The van der Waals surface area contributed by atoms with Crippen molar-refractivity contribution < 1.29 is 14.3 Å². The van der Waals surface area contributed by atoms with Crippen LogP contribution in [0.5, 0.6) is 0 Å². The second kappa shape index (κ2) is 9.04. The predicted molar refractivity (Wildman–Crippen MR) is 106 cm³/mol. The fraction of sp³-hybridized carbons (Fsp3) is 0.667. The van der Waals surface area contributed by atoms with E-state index in [0.29, 0.717) is 25.7 Å². The van der Waals surface area contributed by atoms with Crippen LogP contribution in [0, 0.1) is 5.92 Å². The Bertz CT molecular complexity index is 602. The molecule has 0 aromatic heterocycles. The van der Waals surface area contributed by atoms with Crippen LogP contribution in [0.25, 0.3) is 0 Å². The number of nitrogens with zero attached hydrogens (tertiary/aromatic N) is 2. The number of hydrogen-bond acceptors (Lipinski definition) is 5. The van der Waals surface area contributed by atoms with Crippen LogP contribution < -0.4 is 10.2 Å². The van der Waals surface area contributed by atoms with Gasteiger partial charge in [0.2, 0.25) is 5.91 Å². The van der Waals surface area contributed by atoms with Crippen molar-refractivity contribution in [1.82, 2.24) is 4.90 Å². The number of carbonyl (C=O) groups is 1. The zero-order valence-corrected chi connectivity index (χ0v) is 16.1. The number of anilines is 2. The summed E-state index contributed by atoms with van der Waals surface area (Å²) in [5.74, 6) is 0.529. The lowest BCUT2D eigenvalue weighted by Gasteiger charge is -2.33. The number of carbonyl (C=O) groups excluding carboxylic acids is 1. The Morgan fingerprint density at radius 1 is 0.963 bits per heavy atom. The van der Waals surface area contributed by atoms with Gasteiger partial charge in [-0.1, -0.05) is 0 Å². The van der Waals surface area contributed by atoms with E-state index in [-0.39, 0.29) is 12.2 Å². The largest absolute Gasteiger partial charge is 0.372 e. The topological polar surface area (TPSA) is 54.0 Å². The van der Waals surface area contributed by atoms with Gasteiger partial charge in [-0.25, -0.2) is 0 Å². The molecule has 0 aliphatic carbocycles. The van der Waals surface area contributed by atoms with E-state index in [1.54, 1.807) is 0 Å². The number of rotatable bonds is 5. The van der Waals surface area contributed by atoms with Gasteiger partial charge < -0.3 is 19.7 Å². The normalized spacial score (nSPS) is 22.9. The highest BCUT2D eigenvalue weighted by molar-refractivity contribution is 5.92. The number of ether oxygens (including phenoxy) is 2. The molecule has 27 heavy (non-hydrogen) atoms. The van der Waals surface area contributed by atoms with Crippen molar-refractivity contribution in [2.45, 2.75) is 38.4 Å². The molecule has 0 saturated carbocycles. The highest BCUT2D eigenvalue weighted by atomic mass is 16.7. The Labute approximate surface area is 161 Å². The molecule has 0 bridgehead atoms. The molecule has 148 valence electrons. The molecule has 1 aromatic carbocycles. The third-order valence-corrected chi connectivity index (χ3v) is 5.90. The fourth-order valence-corrected chi connectivity index (χ4v) is 4.34. The average Bonchev–Trinajstić information content (AvgIpc) is 3.25. The SMILES string of the molecule is O=C(CN1CCC(C2OCCO2)CC1)Nc1ccc(N2CCCCC2)cc1. The molecule has 6 nitrogen and oxygen atoms in total. The van der Waals surface area contributed by atoms with Gasteiger partial charge >= 0.3 is 0 Å². The molecular weight excluding hydrogens is 342 g/mol. The van der Waals surface area contributed by atoms with Gasteiger partial charge in [0.15, 0.2) is 6.29 Å². The van der Waals surface area contributed by atoms with Gasteiger partial charge in [-0.05, 0) is 69.5 Å². The number of benzene rings is 1. The van der Waals surface area contributed by atoms with Crippen LogP contribution in [0.3, 0.4) is 0 Å². The molecule has 6 heteroatoms. The molecule has 3 aliphatic heterocycles. The summed E-state index contributed by atoms with van der Waals surface area (Å²) in [7, 11) is 0. The Kier molecular flexibility index (Phi) is 6.27. The van der Waals surface area contributed by atoms with Crippen LogP contribution in [-0.2, 0) is 14.3 Å². The summed E-state index contributed by atoms with van der Waals surface area (Å²) in [4.78, 5) is 17.0. The molecule has 0 atom stereocenters. The minimum atomic E-state index is -0.0283. The molecule has 3 heterocycles. The lowest BCUT2D eigenvalue weighted by Crippen LogP contribution is -2.41. The van der Waals surface area contributed by atoms with Gasteiger partial charge in [0.25, 0.3) is 0 Å². The zero-order valence-electron chi connectivity index (χ0n) is 16.1. The Morgan fingerprint density at radius 2 is 1.63 bits per heavy atom. The number of likely N-dealkylation sites (tertiary alicyclic amines) is 1. The van der Waals surface area contributed by atoms with Crippen molar-refractivity contribution >= 4 is 17.3 Å². The van der Waals surface area contributed by atoms with E-state index in [0.717, 1.165) is 44.7 Å². The van der Waals surface area contributed by atoms with E-state index < -0.39 is 0 Å². The van der Waals surface area contributed by atoms with E-state index >= 15 is 0 Å². The third-order valence-electron chi connectivity index (χ3n) is 5.90. The number of piperidine rings is 2. The average molecular weight is 373 g/mol. The fourth-order valence-electron chi connectivity index (χ4n) is 4.34. The molecule has 1 N–H and O–H groups in total. The standard InChI is InChI=1S/C21H31N3O3/c25-20(16-23-12-8-17(9-13-23)21-26-14-15-27-21)22-18-4-6-19(7-5-18)24-10-2-1-3-11-24/h4-7,17,21H,1-3,8-16H2,(H,22,25). The summed E-state index contributed by atoms with van der Waals surface area (Å²) in [6, 6.07) is 8.27. The van der Waals surface area contributed by atoms with Crippen LogP contribution in [0.2, 0.25) is 0 Å². The van der Waals surface area contributed by atoms with E-state index in [2.05, 4.69) is 27.2 Å². The quantitative estimate of drug-likeness (QED) is 0.860. The van der Waals surface area contributed by atoms with Crippen LogP contribution in [-0.4, -0.2) is 63.0 Å². The molecule has 1 aromatic rings. The molecule has 3 saturated heterocycles. The van der Waals surface area contributed by atoms with E-state index in [4.69, 9.17) is 9.47 Å². The number of nitrogens with one attached hydrogen (secondary N) is 1. The molecule has 0 spiro atoms. The van der Waals surface area contributed by atoms with Crippen molar-refractivity contribution in [3.63, 3.8) is 0 Å². The first-order chi connectivity index (χ1) is 13.3. The summed E-state index contributed by atoms with van der Waals surface area (Å²) in [6.07, 6.45) is 5.91. The van der Waals surface area contributed by atoms with Crippen LogP contribution in [0.1, 0.15) is 32.1 Å². The van der Waals surface area contributed by atoms with Crippen LogP contribution in [0.15, 0.2) is 24.3 Å². The summed E-state index contributed by atoms with van der Waals surface area (Å²) < 4.78 is 11.2. The van der Waals surface area contributed by atoms with Crippen molar-refractivity contribution in [2.24, 2.45) is 5.92 Å². The minimum absolute atomic E-state index is 0.0283. The highest BCUT2D eigenvalue weighted by Crippen LogP contribution is 2.26. The number of amides is 1. The van der Waals surface area contributed by atoms with Crippen molar-refractivity contribution in [2.75, 3.05) is 56.2 Å². The van der Waals surface area contributed by atoms with E-state index in [9.17, 15) is 4.79 Å². The third kappa shape index (κ3) is 5.00. The summed E-state index contributed by atoms with van der Waals surface area (Å²) in [5, 5.41) is 3.04. The van der Waals surface area contributed by atoms with E-state index in [1.165, 1.54) is 24.9 Å². The Hall–Kier alpha value is -1.63. The van der Waals surface area contributed by atoms with Crippen molar-refractivity contribution in [1.29, 1.82) is 0 Å². The maximum absolute atomic E-state index is 12.4. The lowest BCUT2D eigenvalue weighted by molar-refractivity contribution is -0.119. The lowest BCUT2D eigenvalue weighted by atomic mass is 9.96. The summed E-state index contributed by atoms with van der Waals surface area (Å²) in [5.41, 5.74) is 2.13. The van der Waals surface area contributed by atoms with Crippen molar-refractivity contribution in [3.05, 3.63) is 24.3 Å². The van der Waals surface area contributed by atoms with E-state index in [1.807, 2.05) is 12.1 Å². The first-order valence-electron chi connectivity index (χ1n) is 10.4. The molecule has 3 fully saturated rings. The molecule has 0 unspecified atom stereocenters. The molecule has 1 amide bonds. The maximum Gasteiger partial charge on any atom is 0.238 e. The van der Waals surface area contributed by atoms with Crippen molar-refractivity contribution in [3.8, 4) is 0 Å². The molecule has 0 radical (unpaired) electrons. The van der Waals surface area contributed by atoms with Crippen LogP contribution in [0.4, 0.5) is 11.4 Å². The highest BCUT2D eigenvalue weighted by Gasteiger charge is 2.30. The molecule has 4 rings (SSSR count). The second-order valence-corrected chi connectivity index (χ2v) is 7.87. The summed E-state index contributed by atoms with van der Waals surface area (Å²) in [6.45, 7) is 6.00. The van der Waals surface area contributed by atoms with Gasteiger partial charge in [-0.2, -0.15) is 0 Å². The van der Waals surface area contributed by atoms with Crippen LogP contribution >= 0.6 is 0 Å². The van der Waals surface area contributed by atoms with Gasteiger partial charge in [0, 0.05) is 30.4 Å².